The Morgan fingerprint density at radius 2 is 2.07 bits per heavy atom. The number of H-pyrrole nitrogens is 1. The molecule has 0 atom stereocenters. The van der Waals surface area contributed by atoms with Crippen molar-refractivity contribution in [3.63, 3.8) is 0 Å². The zero-order chi connectivity index (χ0) is 20.8. The van der Waals surface area contributed by atoms with E-state index in [2.05, 4.69) is 15.3 Å². The maximum Gasteiger partial charge on any atom is 0.216 e. The highest BCUT2D eigenvalue weighted by Crippen LogP contribution is 2.30. The van der Waals surface area contributed by atoms with Gasteiger partial charge in [0.05, 0.1) is 17.8 Å². The lowest BCUT2D eigenvalue weighted by Crippen LogP contribution is -2.03. The minimum absolute atomic E-state index is 0.0109. The van der Waals surface area contributed by atoms with Crippen LogP contribution in [0.1, 0.15) is 30.8 Å². The third kappa shape index (κ3) is 5.02. The lowest BCUT2D eigenvalue weighted by molar-refractivity contribution is 0.266. The zero-order valence-corrected chi connectivity index (χ0v) is 17.6. The number of hydrogen-bond donors (Lipinski definition) is 1. The van der Waals surface area contributed by atoms with Crippen LogP contribution in [0.3, 0.4) is 0 Å². The second kappa shape index (κ2) is 9.67. The summed E-state index contributed by atoms with van der Waals surface area (Å²) >= 11 is 11.3. The largest absolute Gasteiger partial charge is 0.490 e. The summed E-state index contributed by atoms with van der Waals surface area (Å²) in [5, 5.41) is 11.5. The van der Waals surface area contributed by atoms with Crippen LogP contribution in [0.5, 0.6) is 11.5 Å². The van der Waals surface area contributed by atoms with E-state index in [0.29, 0.717) is 39.9 Å². The predicted octanol–water partition coefficient (Wildman–Crippen LogP) is 5.16. The third-order valence-corrected chi connectivity index (χ3v) is 4.68. The molecule has 29 heavy (non-hydrogen) atoms. The van der Waals surface area contributed by atoms with Gasteiger partial charge in [-0.05, 0) is 55.0 Å². The van der Waals surface area contributed by atoms with Crippen molar-refractivity contribution in [3.8, 4) is 11.5 Å². The number of aromatic nitrogens is 3. The van der Waals surface area contributed by atoms with Gasteiger partial charge in [-0.2, -0.15) is 14.9 Å². The Hall–Kier alpha value is -2.71. The Balaban J connectivity index is 1.82. The molecule has 1 heterocycles. The van der Waals surface area contributed by atoms with Gasteiger partial charge in [0.1, 0.15) is 12.4 Å². The van der Waals surface area contributed by atoms with Crippen LogP contribution < -0.4 is 9.47 Å². The van der Waals surface area contributed by atoms with Crippen LogP contribution >= 0.6 is 23.8 Å². The zero-order valence-electron chi connectivity index (χ0n) is 16.0. The van der Waals surface area contributed by atoms with Crippen LogP contribution in [0.25, 0.3) is 0 Å². The summed E-state index contributed by atoms with van der Waals surface area (Å²) in [6.45, 7) is 4.28. The molecule has 1 N–H and O–H groups in total. The van der Waals surface area contributed by atoms with Gasteiger partial charge in [-0.3, -0.25) is 5.10 Å². The Labute approximate surface area is 177 Å². The average molecular weight is 435 g/mol. The van der Waals surface area contributed by atoms with Gasteiger partial charge in [0, 0.05) is 12.0 Å². The monoisotopic (exact) mass is 434 g/mol. The molecule has 0 aliphatic carbocycles. The van der Waals surface area contributed by atoms with Gasteiger partial charge >= 0.3 is 0 Å². The summed E-state index contributed by atoms with van der Waals surface area (Å²) in [6, 6.07) is 9.88. The molecular formula is C20H20ClFN4O2S. The lowest BCUT2D eigenvalue weighted by Gasteiger charge is -2.13. The molecule has 0 unspecified atom stereocenters. The van der Waals surface area contributed by atoms with Crippen molar-refractivity contribution in [2.45, 2.75) is 26.9 Å². The molecule has 0 saturated carbocycles. The summed E-state index contributed by atoms with van der Waals surface area (Å²) < 4.78 is 27.4. The number of rotatable bonds is 8. The van der Waals surface area contributed by atoms with E-state index in [1.165, 1.54) is 6.07 Å². The molecule has 0 aliphatic heterocycles. The molecule has 3 rings (SSSR count). The maximum atomic E-state index is 14.0. The molecular weight excluding hydrogens is 415 g/mol. The molecule has 0 fully saturated rings. The molecule has 0 aliphatic rings. The molecule has 0 bridgehead atoms. The predicted molar refractivity (Wildman–Crippen MR) is 113 cm³/mol. The van der Waals surface area contributed by atoms with Gasteiger partial charge in [0.15, 0.2) is 17.3 Å². The molecule has 0 saturated heterocycles. The van der Waals surface area contributed by atoms with Crippen LogP contribution in [-0.4, -0.2) is 27.7 Å². The molecule has 6 nitrogen and oxygen atoms in total. The number of ether oxygens (including phenoxy) is 2. The van der Waals surface area contributed by atoms with E-state index in [1.807, 2.05) is 19.9 Å². The first kappa shape index (κ1) is 21.0. The molecule has 1 aromatic heterocycles. The first-order valence-electron chi connectivity index (χ1n) is 9.06. The fraction of sp³-hybridized carbons (Fsp3) is 0.250. The minimum Gasteiger partial charge on any atom is -0.490 e. The van der Waals surface area contributed by atoms with Gasteiger partial charge in [-0.1, -0.05) is 24.6 Å². The van der Waals surface area contributed by atoms with Gasteiger partial charge in [-0.25, -0.2) is 4.39 Å². The number of nitrogens with one attached hydrogen (secondary N) is 1. The Kier molecular flexibility index (Phi) is 7.00. The van der Waals surface area contributed by atoms with Crippen molar-refractivity contribution in [2.75, 3.05) is 6.61 Å². The van der Waals surface area contributed by atoms with E-state index < -0.39 is 5.82 Å². The van der Waals surface area contributed by atoms with E-state index >= 15 is 0 Å². The van der Waals surface area contributed by atoms with Crippen LogP contribution in [0.15, 0.2) is 41.5 Å². The lowest BCUT2D eigenvalue weighted by atomic mass is 10.2. The standard InChI is InChI=1S/C20H20ClFN4O2S/c1-3-19-24-25-20(29)26(19)23-11-13-8-9-17(18(10-13)27-4-2)28-12-14-15(21)6-5-7-16(14)22/h5-11H,3-4,12H2,1-2H3,(H,25,29)/b23-11+. The molecule has 2 aromatic carbocycles. The van der Waals surface area contributed by atoms with Crippen molar-refractivity contribution in [1.82, 2.24) is 14.9 Å². The highest BCUT2D eigenvalue weighted by atomic mass is 35.5. The number of nitrogens with zero attached hydrogens (tertiary/aromatic N) is 3. The average Bonchev–Trinajstić information content (AvgIpc) is 3.07. The first-order chi connectivity index (χ1) is 14.0. The first-order valence-corrected chi connectivity index (χ1v) is 9.85. The second-order valence-corrected chi connectivity index (χ2v) is 6.78. The van der Waals surface area contributed by atoms with Gasteiger partial charge in [0.2, 0.25) is 4.77 Å². The van der Waals surface area contributed by atoms with E-state index in [-0.39, 0.29) is 6.61 Å². The van der Waals surface area contributed by atoms with E-state index in [9.17, 15) is 4.39 Å². The maximum absolute atomic E-state index is 14.0. The Morgan fingerprint density at radius 3 is 2.79 bits per heavy atom. The molecule has 9 heteroatoms. The topological polar surface area (TPSA) is 64.4 Å². The number of aromatic amines is 1. The number of aryl methyl sites for hydroxylation is 1. The summed E-state index contributed by atoms with van der Waals surface area (Å²) in [5.74, 6) is 1.33. The number of halogens is 2. The normalized spacial score (nSPS) is 11.2. The second-order valence-electron chi connectivity index (χ2n) is 5.98. The van der Waals surface area contributed by atoms with Crippen molar-refractivity contribution in [3.05, 3.63) is 69.0 Å². The molecule has 3 aromatic rings. The minimum atomic E-state index is -0.414. The summed E-state index contributed by atoms with van der Waals surface area (Å²) in [7, 11) is 0. The van der Waals surface area contributed by atoms with Crippen LogP contribution in [0.4, 0.5) is 4.39 Å². The van der Waals surface area contributed by atoms with Crippen molar-refractivity contribution in [1.29, 1.82) is 0 Å². The fourth-order valence-electron chi connectivity index (χ4n) is 2.61. The summed E-state index contributed by atoms with van der Waals surface area (Å²) in [5.41, 5.74) is 1.08. The van der Waals surface area contributed by atoms with E-state index in [1.54, 1.807) is 35.2 Å². The van der Waals surface area contributed by atoms with Gasteiger partial charge in [-0.15, -0.1) is 0 Å². The van der Waals surface area contributed by atoms with Crippen molar-refractivity contribution < 1.29 is 13.9 Å². The molecule has 0 radical (unpaired) electrons. The quantitative estimate of drug-likeness (QED) is 0.393. The highest BCUT2D eigenvalue weighted by Gasteiger charge is 2.11. The molecule has 152 valence electrons. The molecule has 0 amide bonds. The Morgan fingerprint density at radius 1 is 1.24 bits per heavy atom. The van der Waals surface area contributed by atoms with E-state index in [0.717, 1.165) is 11.4 Å². The van der Waals surface area contributed by atoms with E-state index in [4.69, 9.17) is 33.3 Å². The van der Waals surface area contributed by atoms with Crippen LogP contribution in [0.2, 0.25) is 5.02 Å². The van der Waals surface area contributed by atoms with Crippen molar-refractivity contribution in [2.24, 2.45) is 5.10 Å². The highest BCUT2D eigenvalue weighted by molar-refractivity contribution is 7.71. The number of benzene rings is 2. The smallest absolute Gasteiger partial charge is 0.216 e. The SMILES string of the molecule is CCOc1cc(/C=N/n2c(CC)n[nH]c2=S)ccc1OCc1c(F)cccc1Cl. The van der Waals surface area contributed by atoms with Crippen molar-refractivity contribution >= 4 is 30.0 Å². The van der Waals surface area contributed by atoms with Crippen LogP contribution in [0, 0.1) is 10.6 Å². The third-order valence-electron chi connectivity index (χ3n) is 4.06. The van der Waals surface area contributed by atoms with Crippen LogP contribution in [-0.2, 0) is 13.0 Å². The Bertz CT molecular complexity index is 1060. The summed E-state index contributed by atoms with van der Waals surface area (Å²) in [4.78, 5) is 0. The molecule has 0 spiro atoms. The summed E-state index contributed by atoms with van der Waals surface area (Å²) in [6.07, 6.45) is 2.35. The van der Waals surface area contributed by atoms with Gasteiger partial charge in [0.25, 0.3) is 0 Å². The number of hydrogen-bond acceptors (Lipinski definition) is 5. The van der Waals surface area contributed by atoms with Gasteiger partial charge < -0.3 is 9.47 Å². The fourth-order valence-corrected chi connectivity index (χ4v) is 3.02.